The van der Waals surface area contributed by atoms with E-state index in [1.807, 2.05) is 18.2 Å². The molecule has 1 saturated carbocycles. The summed E-state index contributed by atoms with van der Waals surface area (Å²) in [4.78, 5) is 41.3. The van der Waals surface area contributed by atoms with Crippen molar-refractivity contribution < 1.29 is 19.1 Å². The molecular weight excluding hydrogens is 502 g/mol. The molecule has 0 spiro atoms. The van der Waals surface area contributed by atoms with Gasteiger partial charge in [0.15, 0.2) is 0 Å². The molecule has 3 amide bonds. The third-order valence-corrected chi connectivity index (χ3v) is 8.38. The Morgan fingerprint density at radius 1 is 0.825 bits per heavy atom. The average molecular weight is 538 g/mol. The second-order valence-corrected chi connectivity index (χ2v) is 11.1. The molecule has 206 valence electrons. The number of carbonyl (C=O) groups excluding carboxylic acids is 3. The van der Waals surface area contributed by atoms with E-state index in [2.05, 4.69) is 70.9 Å². The summed E-state index contributed by atoms with van der Waals surface area (Å²) in [6, 6.07) is 26.5. The average Bonchev–Trinajstić information content (AvgIpc) is 3.29. The zero-order valence-corrected chi connectivity index (χ0v) is 22.6. The highest BCUT2D eigenvalue weighted by Crippen LogP contribution is 2.33. The van der Waals surface area contributed by atoms with Crippen molar-refractivity contribution in [3.63, 3.8) is 0 Å². The van der Waals surface area contributed by atoms with Crippen molar-refractivity contribution in [1.29, 1.82) is 0 Å². The van der Waals surface area contributed by atoms with Crippen LogP contribution in [0.25, 0.3) is 0 Å². The molecule has 3 atom stereocenters. The number of fused-ring (bicyclic) bond motifs is 1. The highest BCUT2D eigenvalue weighted by Gasteiger charge is 2.39. The van der Waals surface area contributed by atoms with Crippen molar-refractivity contribution in [2.24, 2.45) is 0 Å². The van der Waals surface area contributed by atoms with Gasteiger partial charge in [0.05, 0.1) is 0 Å². The summed E-state index contributed by atoms with van der Waals surface area (Å²) in [7, 11) is 0. The quantitative estimate of drug-likeness (QED) is 0.416. The third-order valence-electron chi connectivity index (χ3n) is 8.38. The SMILES string of the molecule is O=C1CCC(N2Cc3cc(O[C@H]4CCCC[C@@H]4N(Cc4ccccc4)Cc4ccccc4)ccc3C2=O)C(=O)N1. The van der Waals surface area contributed by atoms with Crippen molar-refractivity contribution in [3.05, 3.63) is 101 Å². The number of piperidine rings is 1. The van der Waals surface area contributed by atoms with Gasteiger partial charge >= 0.3 is 0 Å². The number of nitrogens with one attached hydrogen (secondary N) is 1. The predicted octanol–water partition coefficient (Wildman–Crippen LogP) is 4.84. The van der Waals surface area contributed by atoms with Crippen LogP contribution in [0.4, 0.5) is 0 Å². The Hall–Kier alpha value is -3.97. The van der Waals surface area contributed by atoms with E-state index >= 15 is 0 Å². The van der Waals surface area contributed by atoms with E-state index in [1.165, 1.54) is 17.5 Å². The number of hydrogen-bond acceptors (Lipinski definition) is 5. The molecule has 3 aliphatic rings. The maximum atomic E-state index is 13.1. The minimum absolute atomic E-state index is 0.0302. The van der Waals surface area contributed by atoms with E-state index in [9.17, 15) is 14.4 Å². The van der Waals surface area contributed by atoms with Gasteiger partial charge in [0.1, 0.15) is 17.9 Å². The topological polar surface area (TPSA) is 79.0 Å². The lowest BCUT2D eigenvalue weighted by Gasteiger charge is -2.40. The molecule has 0 bridgehead atoms. The Labute approximate surface area is 235 Å². The van der Waals surface area contributed by atoms with Crippen molar-refractivity contribution in [2.75, 3.05) is 0 Å². The summed E-state index contributed by atoms with van der Waals surface area (Å²) < 4.78 is 6.71. The van der Waals surface area contributed by atoms with Crippen molar-refractivity contribution in [1.82, 2.24) is 15.1 Å². The van der Waals surface area contributed by atoms with Gasteiger partial charge < -0.3 is 9.64 Å². The van der Waals surface area contributed by atoms with Gasteiger partial charge in [0.2, 0.25) is 11.8 Å². The van der Waals surface area contributed by atoms with Gasteiger partial charge in [-0.3, -0.25) is 24.6 Å². The van der Waals surface area contributed by atoms with Crippen LogP contribution in [-0.2, 0) is 29.2 Å². The van der Waals surface area contributed by atoms with Gasteiger partial charge in [-0.15, -0.1) is 0 Å². The summed E-state index contributed by atoms with van der Waals surface area (Å²) in [5.74, 6) is -0.0796. The van der Waals surface area contributed by atoms with Gasteiger partial charge in [-0.2, -0.15) is 0 Å². The van der Waals surface area contributed by atoms with E-state index in [1.54, 1.807) is 4.90 Å². The number of benzene rings is 3. The van der Waals surface area contributed by atoms with E-state index in [4.69, 9.17) is 4.74 Å². The van der Waals surface area contributed by atoms with E-state index in [-0.39, 0.29) is 30.4 Å². The van der Waals surface area contributed by atoms with Gasteiger partial charge in [-0.1, -0.05) is 67.1 Å². The fraction of sp³-hybridized carbons (Fsp3) is 0.364. The highest BCUT2D eigenvalue weighted by atomic mass is 16.5. The summed E-state index contributed by atoms with van der Waals surface area (Å²) in [5.41, 5.74) is 4.04. The van der Waals surface area contributed by atoms with Crippen LogP contribution < -0.4 is 10.1 Å². The summed E-state index contributed by atoms with van der Waals surface area (Å²) in [6.07, 6.45) is 4.97. The molecule has 1 aliphatic carbocycles. The zero-order valence-electron chi connectivity index (χ0n) is 22.6. The maximum absolute atomic E-state index is 13.1. The first kappa shape index (κ1) is 26.3. The van der Waals surface area contributed by atoms with Crippen LogP contribution in [0.2, 0.25) is 0 Å². The van der Waals surface area contributed by atoms with Gasteiger partial charge in [0.25, 0.3) is 5.91 Å². The number of amides is 3. The normalized spacial score (nSPS) is 22.8. The van der Waals surface area contributed by atoms with Gasteiger partial charge in [0, 0.05) is 37.7 Å². The second-order valence-electron chi connectivity index (χ2n) is 11.1. The lowest BCUT2D eigenvalue weighted by molar-refractivity contribution is -0.136. The molecule has 7 heteroatoms. The van der Waals surface area contributed by atoms with Gasteiger partial charge in [-0.25, -0.2) is 0 Å². The fourth-order valence-electron chi connectivity index (χ4n) is 6.36. The van der Waals surface area contributed by atoms with Crippen LogP contribution in [0, 0.1) is 0 Å². The van der Waals surface area contributed by atoms with Crippen molar-refractivity contribution in [2.45, 2.75) is 76.3 Å². The Morgan fingerprint density at radius 2 is 1.50 bits per heavy atom. The molecule has 2 fully saturated rings. The second kappa shape index (κ2) is 11.6. The van der Waals surface area contributed by atoms with Crippen LogP contribution in [0.15, 0.2) is 78.9 Å². The molecule has 1 unspecified atom stereocenters. The van der Waals surface area contributed by atoms with Crippen molar-refractivity contribution in [3.8, 4) is 5.75 Å². The number of ether oxygens (including phenoxy) is 1. The van der Waals surface area contributed by atoms with Crippen LogP contribution in [0.5, 0.6) is 5.75 Å². The lowest BCUT2D eigenvalue weighted by Crippen LogP contribution is -2.52. The van der Waals surface area contributed by atoms with Crippen LogP contribution >= 0.6 is 0 Å². The van der Waals surface area contributed by atoms with Crippen molar-refractivity contribution >= 4 is 17.7 Å². The highest BCUT2D eigenvalue weighted by molar-refractivity contribution is 6.05. The fourth-order valence-corrected chi connectivity index (χ4v) is 6.36. The molecule has 6 rings (SSSR count). The molecular formula is C33H35N3O4. The number of carbonyl (C=O) groups is 3. The smallest absolute Gasteiger partial charge is 0.255 e. The largest absolute Gasteiger partial charge is 0.489 e. The van der Waals surface area contributed by atoms with E-state index < -0.39 is 11.9 Å². The number of hydrogen-bond donors (Lipinski definition) is 1. The summed E-state index contributed by atoms with van der Waals surface area (Å²) in [6.45, 7) is 2.04. The first-order valence-corrected chi connectivity index (χ1v) is 14.3. The number of imide groups is 1. The number of rotatable bonds is 8. The van der Waals surface area contributed by atoms with Crippen LogP contribution in [0.3, 0.4) is 0 Å². The molecule has 2 heterocycles. The Balaban J connectivity index is 1.20. The predicted molar refractivity (Wildman–Crippen MR) is 151 cm³/mol. The molecule has 40 heavy (non-hydrogen) atoms. The first-order chi connectivity index (χ1) is 19.5. The van der Waals surface area contributed by atoms with Gasteiger partial charge in [-0.05, 0) is 60.6 Å². The lowest BCUT2D eigenvalue weighted by atomic mass is 9.90. The first-order valence-electron chi connectivity index (χ1n) is 14.3. The number of nitrogens with zero attached hydrogens (tertiary/aromatic N) is 2. The molecule has 0 radical (unpaired) electrons. The van der Waals surface area contributed by atoms with Crippen LogP contribution in [-0.4, -0.2) is 45.7 Å². The molecule has 1 saturated heterocycles. The molecule has 3 aromatic rings. The van der Waals surface area contributed by atoms with Crippen LogP contribution in [0.1, 0.15) is 65.6 Å². The molecule has 3 aromatic carbocycles. The molecule has 2 aliphatic heterocycles. The molecule has 0 aromatic heterocycles. The Kier molecular flexibility index (Phi) is 7.64. The van der Waals surface area contributed by atoms with E-state index in [0.717, 1.165) is 43.7 Å². The summed E-state index contributed by atoms with van der Waals surface area (Å²) in [5, 5.41) is 2.37. The maximum Gasteiger partial charge on any atom is 0.255 e. The third kappa shape index (κ3) is 5.65. The Bertz CT molecular complexity index is 1340. The molecule has 1 N–H and O–H groups in total. The minimum atomic E-state index is -0.616. The summed E-state index contributed by atoms with van der Waals surface area (Å²) >= 11 is 0. The molecule has 7 nitrogen and oxygen atoms in total. The minimum Gasteiger partial charge on any atom is -0.489 e. The standard InChI is InChI=1S/C33H35N3O4/c37-31-18-17-29(32(38)34-31)36-22-25-19-26(15-16-27(25)33(36)39)40-30-14-8-7-13-28(30)35(20-23-9-3-1-4-10-23)21-24-11-5-2-6-12-24/h1-6,9-12,15-16,19,28-30H,7-8,13-14,17-18,20-22H2,(H,34,37,38)/t28-,29?,30-/m0/s1. The van der Waals surface area contributed by atoms with E-state index in [0.29, 0.717) is 18.5 Å². The zero-order chi connectivity index (χ0) is 27.5. The monoisotopic (exact) mass is 537 g/mol. The Morgan fingerprint density at radius 3 is 2.17 bits per heavy atom.